The lowest BCUT2D eigenvalue weighted by atomic mass is 10.0. The Bertz CT molecular complexity index is 55.5. The van der Waals surface area contributed by atoms with Gasteiger partial charge in [0.25, 0.3) is 0 Å². The summed E-state index contributed by atoms with van der Waals surface area (Å²) in [5, 5.41) is 0. The number of hydrogen-bond donors (Lipinski definition) is 1. The van der Waals surface area contributed by atoms with Crippen LogP contribution in [0.5, 0.6) is 0 Å². The Balaban J connectivity index is 0.000000222. The molecule has 50 valence electrons. The fourth-order valence-corrected chi connectivity index (χ4v) is 0.424. The van der Waals surface area contributed by atoms with Crippen molar-refractivity contribution in [1.82, 2.24) is 0 Å². The van der Waals surface area contributed by atoms with Gasteiger partial charge in [0.15, 0.2) is 0 Å². The third kappa shape index (κ3) is 2.28. The largest absolute Gasteiger partial charge is 0.377 e. The molecule has 1 aliphatic heterocycles. The molecule has 0 bridgehead atoms. The van der Waals surface area contributed by atoms with Gasteiger partial charge in [0, 0.05) is 0 Å². The Kier molecular flexibility index (Phi) is 3.02. The lowest BCUT2D eigenvalue weighted by molar-refractivity contribution is -0.0433. The molecule has 8 heavy (non-hydrogen) atoms. The molecule has 2 heteroatoms. The summed E-state index contributed by atoms with van der Waals surface area (Å²) in [4.78, 5) is 0. The Morgan fingerprint density at radius 3 is 1.62 bits per heavy atom. The summed E-state index contributed by atoms with van der Waals surface area (Å²) < 4.78 is 4.81. The molecule has 0 radical (unpaired) electrons. The van der Waals surface area contributed by atoms with Crippen molar-refractivity contribution in [3.05, 3.63) is 0 Å². The second-order valence-electron chi connectivity index (χ2n) is 2.15. The van der Waals surface area contributed by atoms with Crippen LogP contribution in [0.1, 0.15) is 20.8 Å². The van der Waals surface area contributed by atoms with Gasteiger partial charge in [-0.25, -0.2) is 0 Å². The van der Waals surface area contributed by atoms with Gasteiger partial charge in [-0.15, -0.1) is 0 Å². The SMILES string of the molecule is CC.CC1(N)COC1. The van der Waals surface area contributed by atoms with E-state index in [1.807, 2.05) is 20.8 Å². The van der Waals surface area contributed by atoms with Crippen LogP contribution in [0.3, 0.4) is 0 Å². The molecule has 0 amide bonds. The minimum absolute atomic E-state index is 0. The standard InChI is InChI=1S/C4H9NO.C2H6/c1-4(5)2-6-3-4;1-2/h2-3,5H2,1H3;1-2H3. The summed E-state index contributed by atoms with van der Waals surface area (Å²) in [5.41, 5.74) is 5.50. The lowest BCUT2D eigenvalue weighted by Gasteiger charge is -2.33. The van der Waals surface area contributed by atoms with Gasteiger partial charge in [-0.1, -0.05) is 13.8 Å². The Morgan fingerprint density at radius 1 is 1.38 bits per heavy atom. The van der Waals surface area contributed by atoms with Crippen molar-refractivity contribution in [2.75, 3.05) is 13.2 Å². The van der Waals surface area contributed by atoms with Gasteiger partial charge in [0.2, 0.25) is 0 Å². The van der Waals surface area contributed by atoms with Gasteiger partial charge in [-0.05, 0) is 6.92 Å². The molecular weight excluding hydrogens is 102 g/mol. The fourth-order valence-electron chi connectivity index (χ4n) is 0.424. The average Bonchev–Trinajstić information content (AvgIpc) is 1.69. The van der Waals surface area contributed by atoms with Crippen LogP contribution in [0.2, 0.25) is 0 Å². The van der Waals surface area contributed by atoms with E-state index in [0.29, 0.717) is 0 Å². The van der Waals surface area contributed by atoms with Gasteiger partial charge in [0.05, 0.1) is 18.8 Å². The fraction of sp³-hybridized carbons (Fsp3) is 1.00. The molecule has 1 fully saturated rings. The number of nitrogens with two attached hydrogens (primary N) is 1. The maximum atomic E-state index is 5.50. The van der Waals surface area contributed by atoms with Crippen LogP contribution in [-0.4, -0.2) is 18.8 Å². The Labute approximate surface area is 51.0 Å². The number of ether oxygens (including phenoxy) is 1. The zero-order valence-corrected chi connectivity index (χ0v) is 5.90. The summed E-state index contributed by atoms with van der Waals surface area (Å²) in [6, 6.07) is 0. The predicted octanol–water partition coefficient (Wildman–Crippen LogP) is 0.760. The molecule has 2 nitrogen and oxygen atoms in total. The predicted molar refractivity (Wildman–Crippen MR) is 34.8 cm³/mol. The van der Waals surface area contributed by atoms with E-state index < -0.39 is 0 Å². The van der Waals surface area contributed by atoms with E-state index in [9.17, 15) is 0 Å². The van der Waals surface area contributed by atoms with Crippen molar-refractivity contribution in [2.45, 2.75) is 26.3 Å². The molecule has 1 aliphatic rings. The van der Waals surface area contributed by atoms with Crippen molar-refractivity contribution in [3.8, 4) is 0 Å². The molecule has 0 saturated carbocycles. The van der Waals surface area contributed by atoms with Gasteiger partial charge in [-0.2, -0.15) is 0 Å². The maximum Gasteiger partial charge on any atom is 0.0667 e. The highest BCUT2D eigenvalue weighted by molar-refractivity contribution is 4.84. The zero-order chi connectivity index (χ0) is 6.62. The summed E-state index contributed by atoms with van der Waals surface area (Å²) in [6.07, 6.45) is 0. The molecule has 0 aliphatic carbocycles. The van der Waals surface area contributed by atoms with Crippen molar-refractivity contribution < 1.29 is 4.74 Å². The van der Waals surface area contributed by atoms with E-state index >= 15 is 0 Å². The Hall–Kier alpha value is -0.0800. The zero-order valence-electron chi connectivity index (χ0n) is 5.90. The number of rotatable bonds is 0. The summed E-state index contributed by atoms with van der Waals surface area (Å²) in [5.74, 6) is 0. The summed E-state index contributed by atoms with van der Waals surface area (Å²) in [6.45, 7) is 7.44. The first-order chi connectivity index (χ1) is 3.71. The van der Waals surface area contributed by atoms with Crippen LogP contribution in [0.25, 0.3) is 0 Å². The highest BCUT2D eigenvalue weighted by Crippen LogP contribution is 2.09. The van der Waals surface area contributed by atoms with Gasteiger partial charge >= 0.3 is 0 Å². The van der Waals surface area contributed by atoms with Crippen LogP contribution < -0.4 is 5.73 Å². The topological polar surface area (TPSA) is 35.2 Å². The van der Waals surface area contributed by atoms with Gasteiger partial charge in [-0.3, -0.25) is 0 Å². The van der Waals surface area contributed by atoms with Crippen molar-refractivity contribution >= 4 is 0 Å². The normalized spacial score (nSPS) is 22.5. The van der Waals surface area contributed by atoms with Crippen molar-refractivity contribution in [3.63, 3.8) is 0 Å². The average molecular weight is 117 g/mol. The molecule has 0 aromatic rings. The van der Waals surface area contributed by atoms with Crippen molar-refractivity contribution in [1.29, 1.82) is 0 Å². The molecule has 0 aromatic carbocycles. The minimum Gasteiger partial charge on any atom is -0.377 e. The van der Waals surface area contributed by atoms with E-state index in [2.05, 4.69) is 0 Å². The van der Waals surface area contributed by atoms with Gasteiger partial charge in [0.1, 0.15) is 0 Å². The van der Waals surface area contributed by atoms with Crippen LogP contribution >= 0.6 is 0 Å². The summed E-state index contributed by atoms with van der Waals surface area (Å²) in [7, 11) is 0. The molecule has 1 heterocycles. The quantitative estimate of drug-likeness (QED) is 0.508. The van der Waals surface area contributed by atoms with E-state index in [1.54, 1.807) is 0 Å². The maximum absolute atomic E-state index is 5.50. The highest BCUT2D eigenvalue weighted by atomic mass is 16.5. The van der Waals surface area contributed by atoms with Crippen LogP contribution in [0, 0.1) is 0 Å². The highest BCUT2D eigenvalue weighted by Gasteiger charge is 2.27. The molecule has 0 spiro atoms. The first-order valence-corrected chi connectivity index (χ1v) is 3.07. The smallest absolute Gasteiger partial charge is 0.0667 e. The third-order valence-corrected chi connectivity index (χ3v) is 0.864. The molecule has 1 rings (SSSR count). The minimum atomic E-state index is 0. The number of hydrogen-bond acceptors (Lipinski definition) is 2. The van der Waals surface area contributed by atoms with E-state index in [1.165, 1.54) is 0 Å². The van der Waals surface area contributed by atoms with Crippen LogP contribution in [-0.2, 0) is 4.74 Å². The molecule has 1 saturated heterocycles. The second kappa shape index (κ2) is 3.05. The van der Waals surface area contributed by atoms with Crippen molar-refractivity contribution in [2.24, 2.45) is 5.73 Å². The Morgan fingerprint density at radius 2 is 1.62 bits per heavy atom. The second-order valence-corrected chi connectivity index (χ2v) is 2.15. The monoisotopic (exact) mass is 117 g/mol. The van der Waals surface area contributed by atoms with Crippen LogP contribution in [0.4, 0.5) is 0 Å². The third-order valence-electron chi connectivity index (χ3n) is 0.864. The molecule has 2 N–H and O–H groups in total. The first kappa shape index (κ1) is 7.92. The summed E-state index contributed by atoms with van der Waals surface area (Å²) >= 11 is 0. The molecule has 0 atom stereocenters. The molecule has 0 unspecified atom stereocenters. The van der Waals surface area contributed by atoms with E-state index in [0.717, 1.165) is 13.2 Å². The van der Waals surface area contributed by atoms with E-state index in [4.69, 9.17) is 10.5 Å². The lowest BCUT2D eigenvalue weighted by Crippen LogP contribution is -2.54. The molecule has 0 aromatic heterocycles. The molecular formula is C6H15NO. The van der Waals surface area contributed by atoms with Gasteiger partial charge < -0.3 is 10.5 Å². The van der Waals surface area contributed by atoms with Crippen LogP contribution in [0.15, 0.2) is 0 Å². The first-order valence-electron chi connectivity index (χ1n) is 3.07. The van der Waals surface area contributed by atoms with E-state index in [-0.39, 0.29) is 5.54 Å².